The number of nitrogens with zero attached hydrogens (tertiary/aromatic N) is 3. The lowest BCUT2D eigenvalue weighted by atomic mass is 10.1. The molecule has 0 saturated carbocycles. The summed E-state index contributed by atoms with van der Waals surface area (Å²) in [6, 6.07) is 3.78. The number of halogens is 2. The minimum atomic E-state index is -0.669. The van der Waals surface area contributed by atoms with Gasteiger partial charge in [0, 0.05) is 12.3 Å². The van der Waals surface area contributed by atoms with Crippen molar-refractivity contribution in [1.82, 2.24) is 19.7 Å². The third-order valence-electron chi connectivity index (χ3n) is 3.60. The Hall–Kier alpha value is -2.25. The number of H-pyrrole nitrogens is 1. The smallest absolute Gasteiger partial charge is 0.268 e. The zero-order chi connectivity index (χ0) is 16.6. The number of fused-ring (bicyclic) bond motifs is 1. The molecule has 2 heterocycles. The summed E-state index contributed by atoms with van der Waals surface area (Å²) in [6.07, 6.45) is 3.06. The van der Waals surface area contributed by atoms with E-state index in [1.165, 1.54) is 16.7 Å². The standard InChI is InChI=1S/C15H15ClFN5O/c1-2-3-9(18)14-20-10-5-4-8(17)13(16)12(10)15(23)22(14)11-6-7-19-21-11/h4-7,9H,2-3,18H2,1H3,(H,19,21)/t9-/m0/s1. The minimum absolute atomic E-state index is 0.0158. The molecule has 3 rings (SSSR count). The van der Waals surface area contributed by atoms with Crippen molar-refractivity contribution in [3.8, 4) is 5.82 Å². The SMILES string of the molecule is CCC[C@H](N)c1nc2ccc(F)c(Cl)c2c(=O)n1-c1cc[nH]n1. The van der Waals surface area contributed by atoms with Crippen molar-refractivity contribution in [2.45, 2.75) is 25.8 Å². The van der Waals surface area contributed by atoms with Crippen LogP contribution in [0.25, 0.3) is 16.7 Å². The minimum Gasteiger partial charge on any atom is -0.321 e. The Bertz CT molecular complexity index is 906. The Balaban J connectivity index is 2.40. The van der Waals surface area contributed by atoms with Crippen LogP contribution in [0, 0.1) is 5.82 Å². The summed E-state index contributed by atoms with van der Waals surface area (Å²) >= 11 is 5.97. The normalized spacial score (nSPS) is 12.7. The van der Waals surface area contributed by atoms with Gasteiger partial charge >= 0.3 is 0 Å². The fraction of sp³-hybridized carbons (Fsp3) is 0.267. The van der Waals surface area contributed by atoms with E-state index in [1.807, 2.05) is 6.92 Å². The summed E-state index contributed by atoms with van der Waals surface area (Å²) in [6.45, 7) is 1.99. The lowest BCUT2D eigenvalue weighted by Gasteiger charge is -2.16. The quantitative estimate of drug-likeness (QED) is 0.767. The Kier molecular flexibility index (Phi) is 4.14. The zero-order valence-electron chi connectivity index (χ0n) is 12.4. The van der Waals surface area contributed by atoms with Gasteiger partial charge in [0.2, 0.25) is 0 Å². The first-order chi connectivity index (χ1) is 11.0. The van der Waals surface area contributed by atoms with Gasteiger partial charge in [0.25, 0.3) is 5.56 Å². The van der Waals surface area contributed by atoms with Crippen LogP contribution in [0.4, 0.5) is 4.39 Å². The summed E-state index contributed by atoms with van der Waals surface area (Å²) < 4.78 is 15.0. The molecule has 0 fully saturated rings. The van der Waals surface area contributed by atoms with Gasteiger partial charge in [0.1, 0.15) is 11.6 Å². The first-order valence-corrected chi connectivity index (χ1v) is 7.58. The van der Waals surface area contributed by atoms with Crippen LogP contribution in [0.1, 0.15) is 31.6 Å². The van der Waals surface area contributed by atoms with Crippen LogP contribution in [0.3, 0.4) is 0 Å². The molecular weight excluding hydrogens is 321 g/mol. The van der Waals surface area contributed by atoms with Crippen LogP contribution in [-0.2, 0) is 0 Å². The molecule has 2 aromatic heterocycles. The van der Waals surface area contributed by atoms with E-state index in [4.69, 9.17) is 17.3 Å². The van der Waals surface area contributed by atoms with Crippen molar-refractivity contribution in [3.63, 3.8) is 0 Å². The van der Waals surface area contributed by atoms with Gasteiger partial charge in [-0.05, 0) is 18.6 Å². The van der Waals surface area contributed by atoms with E-state index in [2.05, 4.69) is 15.2 Å². The van der Waals surface area contributed by atoms with Crippen LogP contribution < -0.4 is 11.3 Å². The van der Waals surface area contributed by atoms with Crippen molar-refractivity contribution in [2.24, 2.45) is 5.73 Å². The molecule has 0 saturated heterocycles. The number of aromatic nitrogens is 4. The van der Waals surface area contributed by atoms with E-state index in [0.29, 0.717) is 23.6 Å². The van der Waals surface area contributed by atoms with E-state index in [1.54, 1.807) is 12.3 Å². The Morgan fingerprint density at radius 1 is 1.43 bits per heavy atom. The molecule has 1 atom stereocenters. The third-order valence-corrected chi connectivity index (χ3v) is 3.97. The van der Waals surface area contributed by atoms with E-state index in [-0.39, 0.29) is 10.4 Å². The second-order valence-corrected chi connectivity index (χ2v) is 5.57. The molecule has 0 spiro atoms. The van der Waals surface area contributed by atoms with Crippen LogP contribution in [0.5, 0.6) is 0 Å². The molecular formula is C15H15ClFN5O. The summed E-state index contributed by atoms with van der Waals surface area (Å²) in [5, 5.41) is 6.42. The summed E-state index contributed by atoms with van der Waals surface area (Å²) in [7, 11) is 0. The average Bonchev–Trinajstić information content (AvgIpc) is 3.04. The fourth-order valence-corrected chi connectivity index (χ4v) is 2.75. The number of aromatic amines is 1. The van der Waals surface area contributed by atoms with Crippen molar-refractivity contribution >= 4 is 22.5 Å². The van der Waals surface area contributed by atoms with Gasteiger partial charge in [-0.2, -0.15) is 5.10 Å². The van der Waals surface area contributed by atoms with Crippen LogP contribution in [0.2, 0.25) is 5.02 Å². The van der Waals surface area contributed by atoms with E-state index in [0.717, 1.165) is 6.42 Å². The number of hydrogen-bond acceptors (Lipinski definition) is 4. The summed E-state index contributed by atoms with van der Waals surface area (Å²) in [5.41, 5.74) is 6.00. The van der Waals surface area contributed by atoms with E-state index >= 15 is 0 Å². The topological polar surface area (TPSA) is 89.6 Å². The molecule has 0 aliphatic rings. The van der Waals surface area contributed by atoms with Crippen molar-refractivity contribution in [2.75, 3.05) is 0 Å². The number of benzene rings is 1. The average molecular weight is 336 g/mol. The monoisotopic (exact) mass is 335 g/mol. The van der Waals surface area contributed by atoms with Gasteiger partial charge in [-0.3, -0.25) is 9.89 Å². The molecule has 0 bridgehead atoms. The molecule has 6 nitrogen and oxygen atoms in total. The van der Waals surface area contributed by atoms with Crippen LogP contribution in [-0.4, -0.2) is 19.7 Å². The highest BCUT2D eigenvalue weighted by molar-refractivity contribution is 6.35. The van der Waals surface area contributed by atoms with Crippen LogP contribution in [0.15, 0.2) is 29.2 Å². The highest BCUT2D eigenvalue weighted by Gasteiger charge is 2.21. The van der Waals surface area contributed by atoms with Gasteiger partial charge in [-0.25, -0.2) is 13.9 Å². The predicted molar refractivity (Wildman–Crippen MR) is 86.3 cm³/mol. The summed E-state index contributed by atoms with van der Waals surface area (Å²) in [4.78, 5) is 17.3. The third kappa shape index (κ3) is 2.62. The molecule has 1 aromatic carbocycles. The van der Waals surface area contributed by atoms with Crippen molar-refractivity contribution in [1.29, 1.82) is 0 Å². The number of nitrogens with two attached hydrogens (primary N) is 1. The first-order valence-electron chi connectivity index (χ1n) is 7.21. The van der Waals surface area contributed by atoms with Gasteiger partial charge in [-0.15, -0.1) is 0 Å². The van der Waals surface area contributed by atoms with E-state index < -0.39 is 17.4 Å². The second-order valence-electron chi connectivity index (χ2n) is 5.19. The highest BCUT2D eigenvalue weighted by Crippen LogP contribution is 2.25. The van der Waals surface area contributed by atoms with E-state index in [9.17, 15) is 9.18 Å². The zero-order valence-corrected chi connectivity index (χ0v) is 13.1. The molecule has 0 radical (unpaired) electrons. The summed E-state index contributed by atoms with van der Waals surface area (Å²) in [5.74, 6) is 0.0441. The number of nitrogens with one attached hydrogen (secondary N) is 1. The maximum Gasteiger partial charge on any atom is 0.268 e. The van der Waals surface area contributed by atoms with Crippen LogP contribution >= 0.6 is 11.6 Å². The molecule has 3 N–H and O–H groups in total. The largest absolute Gasteiger partial charge is 0.321 e. The van der Waals surface area contributed by atoms with Crippen molar-refractivity contribution in [3.05, 3.63) is 51.4 Å². The molecule has 0 aliphatic heterocycles. The molecule has 0 amide bonds. The lowest BCUT2D eigenvalue weighted by Crippen LogP contribution is -2.29. The maximum absolute atomic E-state index is 13.7. The fourth-order valence-electron chi connectivity index (χ4n) is 2.51. The highest BCUT2D eigenvalue weighted by atomic mass is 35.5. The van der Waals surface area contributed by atoms with Gasteiger partial charge in [0.15, 0.2) is 5.82 Å². The molecule has 0 unspecified atom stereocenters. The molecule has 23 heavy (non-hydrogen) atoms. The maximum atomic E-state index is 13.7. The number of hydrogen-bond donors (Lipinski definition) is 2. The first kappa shape index (κ1) is 15.6. The Morgan fingerprint density at radius 3 is 2.87 bits per heavy atom. The molecule has 0 aliphatic carbocycles. The molecule has 3 aromatic rings. The lowest BCUT2D eigenvalue weighted by molar-refractivity contribution is 0.580. The van der Waals surface area contributed by atoms with Gasteiger partial charge in [0.05, 0.1) is 22.0 Å². The Morgan fingerprint density at radius 2 is 2.22 bits per heavy atom. The molecule has 8 heteroatoms. The Labute approximate surface area is 136 Å². The van der Waals surface area contributed by atoms with Crippen molar-refractivity contribution < 1.29 is 4.39 Å². The second kappa shape index (κ2) is 6.10. The molecule has 120 valence electrons. The van der Waals surface area contributed by atoms with Gasteiger partial charge in [-0.1, -0.05) is 24.9 Å². The predicted octanol–water partition coefficient (Wildman–Crippen LogP) is 2.70. The number of rotatable bonds is 4. The van der Waals surface area contributed by atoms with Gasteiger partial charge < -0.3 is 5.73 Å².